The first-order valence-corrected chi connectivity index (χ1v) is 5.76. The molecule has 0 unspecified atom stereocenters. The summed E-state index contributed by atoms with van der Waals surface area (Å²) in [7, 11) is 3.01. The summed E-state index contributed by atoms with van der Waals surface area (Å²) < 4.78 is 9.80. The summed E-state index contributed by atoms with van der Waals surface area (Å²) in [6, 6.07) is 7.33. The van der Waals surface area contributed by atoms with Crippen LogP contribution in [0.15, 0.2) is 36.9 Å². The molecule has 0 radical (unpaired) electrons. The Labute approximate surface area is 108 Å². The largest absolute Gasteiger partial charge is 0.497 e. The van der Waals surface area contributed by atoms with Crippen LogP contribution in [-0.2, 0) is 16.1 Å². The molecule has 0 aliphatic heterocycles. The molecular weight excluding hydrogens is 230 g/mol. The zero-order chi connectivity index (χ0) is 13.4. The Bertz CT molecular complexity index is 387. The average molecular weight is 249 g/mol. The number of carbonyl (C=O) groups excluding carboxylic acids is 1. The van der Waals surface area contributed by atoms with Crippen molar-refractivity contribution in [3.05, 3.63) is 42.5 Å². The van der Waals surface area contributed by atoms with Crippen molar-refractivity contribution in [2.24, 2.45) is 0 Å². The molecule has 4 heteroatoms. The van der Waals surface area contributed by atoms with Crippen LogP contribution >= 0.6 is 0 Å². The van der Waals surface area contributed by atoms with Crippen molar-refractivity contribution < 1.29 is 14.3 Å². The molecule has 4 nitrogen and oxygen atoms in total. The number of methoxy groups -OCH3 is 2. The van der Waals surface area contributed by atoms with Crippen LogP contribution in [0.2, 0.25) is 0 Å². The van der Waals surface area contributed by atoms with E-state index in [-0.39, 0.29) is 12.0 Å². The number of carbonyl (C=O) groups is 1. The van der Waals surface area contributed by atoms with Gasteiger partial charge in [-0.1, -0.05) is 18.2 Å². The molecule has 98 valence electrons. The lowest BCUT2D eigenvalue weighted by Crippen LogP contribution is -2.36. The number of esters is 1. The SMILES string of the molecule is C=CC[C@@H](NCc1ccc(OC)cc1)C(=O)OC. The molecule has 0 heterocycles. The minimum atomic E-state index is -0.352. The lowest BCUT2D eigenvalue weighted by Gasteiger charge is -2.14. The zero-order valence-electron chi connectivity index (χ0n) is 10.8. The molecule has 1 aromatic rings. The van der Waals surface area contributed by atoms with Crippen molar-refractivity contribution in [3.8, 4) is 5.75 Å². The van der Waals surface area contributed by atoms with Gasteiger partial charge in [0.1, 0.15) is 11.8 Å². The van der Waals surface area contributed by atoms with Gasteiger partial charge < -0.3 is 14.8 Å². The topological polar surface area (TPSA) is 47.6 Å². The summed E-state index contributed by atoms with van der Waals surface area (Å²) in [6.45, 7) is 4.23. The van der Waals surface area contributed by atoms with Gasteiger partial charge in [0.15, 0.2) is 0 Å². The maximum absolute atomic E-state index is 11.5. The standard InChI is InChI=1S/C14H19NO3/c1-4-5-13(14(16)18-3)15-10-11-6-8-12(17-2)9-7-11/h4,6-9,13,15H,1,5,10H2,2-3H3/t13-/m1/s1. The second kappa shape index (κ2) is 7.50. The quantitative estimate of drug-likeness (QED) is 0.592. The van der Waals surface area contributed by atoms with Gasteiger partial charge in [-0.2, -0.15) is 0 Å². The van der Waals surface area contributed by atoms with E-state index in [1.54, 1.807) is 13.2 Å². The van der Waals surface area contributed by atoms with Gasteiger partial charge >= 0.3 is 5.97 Å². The van der Waals surface area contributed by atoms with Crippen molar-refractivity contribution >= 4 is 5.97 Å². The first-order chi connectivity index (χ1) is 8.71. The molecule has 1 rings (SSSR count). The predicted octanol–water partition coefficient (Wildman–Crippen LogP) is 1.90. The molecule has 18 heavy (non-hydrogen) atoms. The van der Waals surface area contributed by atoms with Gasteiger partial charge in [-0.15, -0.1) is 6.58 Å². The fraction of sp³-hybridized carbons (Fsp3) is 0.357. The van der Waals surface area contributed by atoms with Gasteiger partial charge in [-0.25, -0.2) is 0 Å². The molecule has 1 aromatic carbocycles. The van der Waals surface area contributed by atoms with E-state index < -0.39 is 0 Å². The first-order valence-electron chi connectivity index (χ1n) is 5.76. The molecule has 0 amide bonds. The second-order valence-corrected chi connectivity index (χ2v) is 3.83. The summed E-state index contributed by atoms with van der Waals surface area (Å²) in [5.74, 6) is 0.540. The van der Waals surface area contributed by atoms with Crippen LogP contribution < -0.4 is 10.1 Å². The van der Waals surface area contributed by atoms with Gasteiger partial charge in [0.05, 0.1) is 14.2 Å². The molecule has 0 spiro atoms. The third-order valence-corrected chi connectivity index (χ3v) is 2.60. The highest BCUT2D eigenvalue weighted by atomic mass is 16.5. The molecule has 0 aliphatic carbocycles. The van der Waals surface area contributed by atoms with E-state index in [1.165, 1.54) is 7.11 Å². The van der Waals surface area contributed by atoms with Crippen LogP contribution in [0, 0.1) is 0 Å². The number of rotatable bonds is 7. The van der Waals surface area contributed by atoms with Crippen LogP contribution in [0.25, 0.3) is 0 Å². The fourth-order valence-electron chi connectivity index (χ4n) is 1.56. The monoisotopic (exact) mass is 249 g/mol. The molecule has 0 saturated heterocycles. The highest BCUT2D eigenvalue weighted by Crippen LogP contribution is 2.11. The van der Waals surface area contributed by atoms with Crippen molar-refractivity contribution in [1.82, 2.24) is 5.32 Å². The van der Waals surface area contributed by atoms with Crippen LogP contribution in [0.4, 0.5) is 0 Å². The summed E-state index contributed by atoms with van der Waals surface area (Å²) in [5, 5.41) is 3.14. The van der Waals surface area contributed by atoms with Gasteiger partial charge in [0.2, 0.25) is 0 Å². The van der Waals surface area contributed by atoms with E-state index >= 15 is 0 Å². The Morgan fingerprint density at radius 2 is 2.06 bits per heavy atom. The number of nitrogens with one attached hydrogen (secondary N) is 1. The van der Waals surface area contributed by atoms with Crippen LogP contribution in [0.3, 0.4) is 0 Å². The highest BCUT2D eigenvalue weighted by Gasteiger charge is 2.16. The maximum atomic E-state index is 11.5. The van der Waals surface area contributed by atoms with Crippen LogP contribution in [0.1, 0.15) is 12.0 Å². The third-order valence-electron chi connectivity index (χ3n) is 2.60. The van der Waals surface area contributed by atoms with E-state index in [4.69, 9.17) is 9.47 Å². The fourth-order valence-corrected chi connectivity index (χ4v) is 1.56. The number of hydrogen-bond acceptors (Lipinski definition) is 4. The normalized spacial score (nSPS) is 11.7. The maximum Gasteiger partial charge on any atom is 0.323 e. The molecule has 0 aliphatic rings. The Balaban J connectivity index is 2.54. The van der Waals surface area contributed by atoms with Gasteiger partial charge in [0, 0.05) is 6.54 Å². The Hall–Kier alpha value is -1.81. The summed E-state index contributed by atoms with van der Waals surface area (Å²) in [4.78, 5) is 11.5. The van der Waals surface area contributed by atoms with Gasteiger partial charge in [0.25, 0.3) is 0 Å². The lowest BCUT2D eigenvalue weighted by molar-refractivity contribution is -0.143. The minimum Gasteiger partial charge on any atom is -0.497 e. The number of hydrogen-bond donors (Lipinski definition) is 1. The van der Waals surface area contributed by atoms with E-state index in [0.717, 1.165) is 11.3 Å². The van der Waals surface area contributed by atoms with E-state index in [2.05, 4.69) is 11.9 Å². The molecule has 0 fully saturated rings. The lowest BCUT2D eigenvalue weighted by atomic mass is 10.1. The number of ether oxygens (including phenoxy) is 2. The van der Waals surface area contributed by atoms with Crippen molar-refractivity contribution in [2.45, 2.75) is 19.0 Å². The number of benzene rings is 1. The first kappa shape index (κ1) is 14.3. The summed E-state index contributed by atoms with van der Waals surface area (Å²) in [6.07, 6.45) is 2.24. The van der Waals surface area contributed by atoms with E-state index in [9.17, 15) is 4.79 Å². The summed E-state index contributed by atoms with van der Waals surface area (Å²) >= 11 is 0. The van der Waals surface area contributed by atoms with Crippen molar-refractivity contribution in [1.29, 1.82) is 0 Å². The second-order valence-electron chi connectivity index (χ2n) is 3.83. The molecule has 0 saturated carbocycles. The van der Waals surface area contributed by atoms with Crippen molar-refractivity contribution in [2.75, 3.05) is 14.2 Å². The Morgan fingerprint density at radius 3 is 2.56 bits per heavy atom. The average Bonchev–Trinajstić information content (AvgIpc) is 2.43. The minimum absolute atomic E-state index is 0.275. The molecule has 1 atom stereocenters. The van der Waals surface area contributed by atoms with Gasteiger partial charge in [-0.05, 0) is 24.1 Å². The smallest absolute Gasteiger partial charge is 0.323 e. The Morgan fingerprint density at radius 1 is 1.39 bits per heavy atom. The molecular formula is C14H19NO3. The van der Waals surface area contributed by atoms with E-state index in [0.29, 0.717) is 13.0 Å². The highest BCUT2D eigenvalue weighted by molar-refractivity contribution is 5.75. The molecule has 0 bridgehead atoms. The molecule has 1 N–H and O–H groups in total. The van der Waals surface area contributed by atoms with Crippen LogP contribution in [0.5, 0.6) is 5.75 Å². The predicted molar refractivity (Wildman–Crippen MR) is 70.5 cm³/mol. The third kappa shape index (κ3) is 4.22. The summed E-state index contributed by atoms with van der Waals surface area (Å²) in [5.41, 5.74) is 1.08. The zero-order valence-corrected chi connectivity index (χ0v) is 10.8. The van der Waals surface area contributed by atoms with Crippen LogP contribution in [-0.4, -0.2) is 26.2 Å². The Kier molecular flexibility index (Phi) is 5.94. The molecule has 0 aromatic heterocycles. The van der Waals surface area contributed by atoms with E-state index in [1.807, 2.05) is 24.3 Å². The van der Waals surface area contributed by atoms with Gasteiger partial charge in [-0.3, -0.25) is 4.79 Å². The van der Waals surface area contributed by atoms with Crippen molar-refractivity contribution in [3.63, 3.8) is 0 Å².